The maximum absolute atomic E-state index is 9.28. The van der Waals surface area contributed by atoms with E-state index in [0.29, 0.717) is 11.3 Å². The topological polar surface area (TPSA) is 35.8 Å². The third kappa shape index (κ3) is 2.91. The Morgan fingerprint density at radius 2 is 1.96 bits per heavy atom. The van der Waals surface area contributed by atoms with Gasteiger partial charge in [0.25, 0.3) is 0 Å². The molecule has 0 saturated carbocycles. The van der Waals surface area contributed by atoms with Crippen molar-refractivity contribution in [2.45, 2.75) is 6.92 Å². The smallest absolute Gasteiger partial charge is 0.129 e. The maximum Gasteiger partial charge on any atom is 0.129 e. The predicted octanol–water partition coefficient (Wildman–Crippen LogP) is 4.96. The zero-order chi connectivity index (χ0) is 17.1. The molecule has 0 fully saturated rings. The number of rotatable bonds is 3. The molecule has 24 heavy (non-hydrogen) atoms. The number of terminal acetylenes is 1. The quantitative estimate of drug-likeness (QED) is 0.544. The van der Waals surface area contributed by atoms with Crippen LogP contribution in [0, 0.1) is 30.6 Å². The molecule has 1 aromatic heterocycles. The fourth-order valence-electron chi connectivity index (χ4n) is 2.73. The van der Waals surface area contributed by atoms with Gasteiger partial charge in [-0.1, -0.05) is 36.3 Å². The van der Waals surface area contributed by atoms with Crippen LogP contribution >= 0.6 is 11.3 Å². The van der Waals surface area contributed by atoms with Gasteiger partial charge in [0.15, 0.2) is 0 Å². The van der Waals surface area contributed by atoms with Crippen molar-refractivity contribution in [2.24, 2.45) is 0 Å². The summed E-state index contributed by atoms with van der Waals surface area (Å²) in [5.74, 6) is 2.65. The van der Waals surface area contributed by atoms with E-state index >= 15 is 0 Å². The Morgan fingerprint density at radius 3 is 2.62 bits per heavy atom. The summed E-state index contributed by atoms with van der Waals surface area (Å²) in [7, 11) is 1.71. The van der Waals surface area contributed by atoms with E-state index in [4.69, 9.17) is 6.42 Å². The molecule has 0 aliphatic rings. The first-order valence-corrected chi connectivity index (χ1v) is 8.37. The van der Waals surface area contributed by atoms with E-state index in [-0.39, 0.29) is 0 Å². The van der Waals surface area contributed by atoms with Crippen molar-refractivity contribution >= 4 is 27.0 Å². The van der Waals surface area contributed by atoms with Crippen LogP contribution in [0.4, 0.5) is 0 Å². The molecule has 3 rings (SSSR count). The van der Waals surface area contributed by atoms with Crippen molar-refractivity contribution in [2.75, 3.05) is 7.05 Å². The number of nitrogens with zero attached hydrogens (tertiary/aromatic N) is 1. The van der Waals surface area contributed by atoms with Crippen molar-refractivity contribution < 1.29 is 0 Å². The normalized spacial score (nSPS) is 11.5. The molecule has 0 aliphatic heterocycles. The number of nitriles is 1. The Bertz CT molecular complexity index is 993. The second-order valence-corrected chi connectivity index (χ2v) is 6.58. The highest BCUT2D eigenvalue weighted by molar-refractivity contribution is 7.22. The van der Waals surface area contributed by atoms with Gasteiger partial charge < -0.3 is 5.32 Å². The van der Waals surface area contributed by atoms with Crippen LogP contribution in [0.2, 0.25) is 0 Å². The molecule has 1 heterocycles. The summed E-state index contributed by atoms with van der Waals surface area (Å²) in [4.78, 5) is 1.19. The Balaban J connectivity index is 2.18. The average molecular weight is 328 g/mol. The summed E-state index contributed by atoms with van der Waals surface area (Å²) < 4.78 is 1.26. The number of nitrogens with one attached hydrogen (secondary N) is 1. The molecule has 0 spiro atoms. The molecule has 3 aromatic rings. The minimum atomic E-state index is 0.408. The molecule has 116 valence electrons. The Hall–Kier alpha value is -3.01. The molecular formula is C21H16N2S. The van der Waals surface area contributed by atoms with E-state index in [9.17, 15) is 5.26 Å². The Kier molecular flexibility index (Phi) is 4.38. The summed E-state index contributed by atoms with van der Waals surface area (Å²) in [6, 6.07) is 18.9. The minimum absolute atomic E-state index is 0.408. The third-order valence-electron chi connectivity index (χ3n) is 3.83. The lowest BCUT2D eigenvalue weighted by Crippen LogP contribution is -2.06. The highest BCUT2D eigenvalue weighted by Crippen LogP contribution is 2.35. The van der Waals surface area contributed by atoms with E-state index in [0.717, 1.165) is 16.7 Å². The highest BCUT2D eigenvalue weighted by Gasteiger charge is 2.10. The van der Waals surface area contributed by atoms with Crippen molar-refractivity contribution in [3.05, 3.63) is 65.4 Å². The van der Waals surface area contributed by atoms with Gasteiger partial charge in [0.2, 0.25) is 0 Å². The van der Waals surface area contributed by atoms with Crippen molar-refractivity contribution in [1.82, 2.24) is 5.32 Å². The van der Waals surface area contributed by atoms with Gasteiger partial charge in [0.1, 0.15) is 11.8 Å². The van der Waals surface area contributed by atoms with E-state index in [1.807, 2.05) is 19.1 Å². The van der Waals surface area contributed by atoms with Crippen LogP contribution < -0.4 is 5.32 Å². The molecule has 3 heteroatoms. The van der Waals surface area contributed by atoms with Crippen LogP contribution in [0.1, 0.15) is 11.1 Å². The van der Waals surface area contributed by atoms with Gasteiger partial charge in [0, 0.05) is 16.6 Å². The molecule has 2 aromatic carbocycles. The summed E-state index contributed by atoms with van der Waals surface area (Å²) in [6.07, 6.45) is 5.66. The highest BCUT2D eigenvalue weighted by atomic mass is 32.1. The number of aryl methyl sites for hydroxylation is 1. The largest absolute Gasteiger partial charge is 0.379 e. The standard InChI is InChI=1S/C21H16N2S/c1-4-18(19(13-22)23-3)16-9-14(2)10-17(11-16)21-12-15-7-5-6-8-20(15)24-21/h1,5-12,23H,2-3H3/b19-18+. The number of hydrogen-bond donors (Lipinski definition) is 1. The van der Waals surface area contributed by atoms with Crippen molar-refractivity contribution in [1.29, 1.82) is 5.26 Å². The molecule has 0 amide bonds. The zero-order valence-corrected chi connectivity index (χ0v) is 14.4. The van der Waals surface area contributed by atoms with Gasteiger partial charge >= 0.3 is 0 Å². The first-order chi connectivity index (χ1) is 11.7. The van der Waals surface area contributed by atoms with E-state index in [1.54, 1.807) is 18.4 Å². The SMILES string of the molecule is C#C/C(=C(/C#N)NC)c1cc(C)cc(-c2cc3ccccc3s2)c1. The van der Waals surface area contributed by atoms with E-state index < -0.39 is 0 Å². The number of allylic oxidation sites excluding steroid dienone is 2. The van der Waals surface area contributed by atoms with Crippen LogP contribution in [-0.4, -0.2) is 7.05 Å². The minimum Gasteiger partial charge on any atom is -0.379 e. The maximum atomic E-state index is 9.28. The van der Waals surface area contributed by atoms with E-state index in [1.165, 1.54) is 15.0 Å². The fourth-order valence-corrected chi connectivity index (χ4v) is 3.78. The Morgan fingerprint density at radius 1 is 1.17 bits per heavy atom. The van der Waals surface area contributed by atoms with Gasteiger partial charge in [-0.05, 0) is 47.2 Å². The van der Waals surface area contributed by atoms with Crippen molar-refractivity contribution in [3.8, 4) is 28.9 Å². The van der Waals surface area contributed by atoms with Gasteiger partial charge in [-0.3, -0.25) is 0 Å². The number of hydrogen-bond acceptors (Lipinski definition) is 3. The second kappa shape index (κ2) is 6.62. The van der Waals surface area contributed by atoms with Gasteiger partial charge in [0.05, 0.1) is 5.57 Å². The lowest BCUT2D eigenvalue weighted by Gasteiger charge is -2.08. The second-order valence-electron chi connectivity index (χ2n) is 5.49. The molecule has 0 aliphatic carbocycles. The van der Waals surface area contributed by atoms with Gasteiger partial charge in [-0.15, -0.1) is 17.8 Å². The van der Waals surface area contributed by atoms with Gasteiger partial charge in [-0.25, -0.2) is 0 Å². The summed E-state index contributed by atoms with van der Waals surface area (Å²) in [5.41, 5.74) is 4.11. The molecule has 0 bridgehead atoms. The van der Waals surface area contributed by atoms with Crippen LogP contribution in [0.3, 0.4) is 0 Å². The summed E-state index contributed by atoms with van der Waals surface area (Å²) >= 11 is 1.76. The molecule has 0 unspecified atom stereocenters. The molecule has 1 N–H and O–H groups in total. The average Bonchev–Trinajstić information content (AvgIpc) is 3.03. The van der Waals surface area contributed by atoms with Crippen molar-refractivity contribution in [3.63, 3.8) is 0 Å². The first-order valence-electron chi connectivity index (χ1n) is 7.56. The summed E-state index contributed by atoms with van der Waals surface area (Å²) in [5, 5.41) is 13.4. The molecular weight excluding hydrogens is 312 g/mol. The van der Waals surface area contributed by atoms with Crippen LogP contribution in [0.15, 0.2) is 54.2 Å². The predicted molar refractivity (Wildman–Crippen MR) is 102 cm³/mol. The first kappa shape index (κ1) is 15.9. The number of thiophene rings is 1. The lowest BCUT2D eigenvalue weighted by atomic mass is 9.98. The Labute approximate surface area is 146 Å². The molecule has 0 saturated heterocycles. The molecule has 0 atom stereocenters. The van der Waals surface area contributed by atoms with Crippen LogP contribution in [0.25, 0.3) is 26.1 Å². The molecule has 2 nitrogen and oxygen atoms in total. The fraction of sp³-hybridized carbons (Fsp3) is 0.0952. The number of benzene rings is 2. The summed E-state index contributed by atoms with van der Waals surface area (Å²) in [6.45, 7) is 2.04. The lowest BCUT2D eigenvalue weighted by molar-refractivity contribution is 1.04. The number of fused-ring (bicyclic) bond motifs is 1. The monoisotopic (exact) mass is 328 g/mol. The van der Waals surface area contributed by atoms with Crippen LogP contribution in [0.5, 0.6) is 0 Å². The zero-order valence-electron chi connectivity index (χ0n) is 13.6. The van der Waals surface area contributed by atoms with Gasteiger partial charge in [-0.2, -0.15) is 5.26 Å². The van der Waals surface area contributed by atoms with E-state index in [2.05, 4.69) is 53.7 Å². The molecule has 0 radical (unpaired) electrons. The van der Waals surface area contributed by atoms with Crippen LogP contribution in [-0.2, 0) is 0 Å². The third-order valence-corrected chi connectivity index (χ3v) is 5.00.